The van der Waals surface area contributed by atoms with Gasteiger partial charge >= 0.3 is 0 Å². The Morgan fingerprint density at radius 3 is 2.48 bits per heavy atom. The van der Waals surface area contributed by atoms with Crippen molar-refractivity contribution in [2.75, 3.05) is 18.0 Å². The van der Waals surface area contributed by atoms with E-state index in [2.05, 4.69) is 65.3 Å². The Kier molecular flexibility index (Phi) is 3.80. The van der Waals surface area contributed by atoms with Gasteiger partial charge in [0.15, 0.2) is 0 Å². The van der Waals surface area contributed by atoms with Crippen LogP contribution in [0.25, 0.3) is 32.9 Å². The zero-order valence-corrected chi connectivity index (χ0v) is 16.6. The average molecular weight is 380 g/mol. The number of fused-ring (bicyclic) bond motifs is 4. The van der Waals surface area contributed by atoms with Gasteiger partial charge in [0, 0.05) is 36.4 Å². The first kappa shape index (κ1) is 16.9. The Bertz CT molecular complexity index is 1200. The molecule has 1 aliphatic heterocycles. The van der Waals surface area contributed by atoms with E-state index in [4.69, 9.17) is 9.97 Å². The summed E-state index contributed by atoms with van der Waals surface area (Å²) in [6.07, 6.45) is 6.53. The molecule has 144 valence electrons. The minimum absolute atomic E-state index is 0.789. The molecule has 2 aromatic heterocycles. The molecule has 2 aliphatic rings. The summed E-state index contributed by atoms with van der Waals surface area (Å²) in [5.41, 5.74) is 3.08. The summed E-state index contributed by atoms with van der Waals surface area (Å²) in [4.78, 5) is 16.8. The summed E-state index contributed by atoms with van der Waals surface area (Å²) in [6, 6.07) is 17.0. The predicted octanol–water partition coefficient (Wildman–Crippen LogP) is 5.33. The van der Waals surface area contributed by atoms with E-state index in [-0.39, 0.29) is 0 Å². The Morgan fingerprint density at radius 1 is 0.862 bits per heavy atom. The van der Waals surface area contributed by atoms with Crippen LogP contribution in [0.1, 0.15) is 19.8 Å². The third-order valence-electron chi connectivity index (χ3n) is 7.11. The lowest BCUT2D eigenvalue weighted by atomic mass is 9.87. The van der Waals surface area contributed by atoms with Crippen molar-refractivity contribution in [2.45, 2.75) is 19.8 Å². The Labute approximate surface area is 170 Å². The molecule has 0 radical (unpaired) electrons. The SMILES string of the molecule is CC1[C@@H]2CC[C@H]1CN(c1ncc3cnc(-c4cccc5ccccc45)cc3n1)C2. The zero-order valence-electron chi connectivity index (χ0n) is 16.6. The quantitative estimate of drug-likeness (QED) is 0.471. The van der Waals surface area contributed by atoms with Gasteiger partial charge in [0.05, 0.1) is 11.2 Å². The molecule has 0 N–H and O–H groups in total. The molecule has 4 aromatic rings. The maximum Gasteiger partial charge on any atom is 0.225 e. The van der Waals surface area contributed by atoms with E-state index in [1.165, 1.54) is 23.6 Å². The zero-order chi connectivity index (χ0) is 19.4. The van der Waals surface area contributed by atoms with Crippen molar-refractivity contribution >= 4 is 27.6 Å². The van der Waals surface area contributed by atoms with Crippen molar-refractivity contribution in [1.82, 2.24) is 15.0 Å². The van der Waals surface area contributed by atoms with E-state index >= 15 is 0 Å². The number of nitrogens with zero attached hydrogens (tertiary/aromatic N) is 4. The van der Waals surface area contributed by atoms with E-state index < -0.39 is 0 Å². The van der Waals surface area contributed by atoms with E-state index in [0.29, 0.717) is 0 Å². The molecule has 1 aliphatic carbocycles. The highest BCUT2D eigenvalue weighted by molar-refractivity contribution is 5.97. The van der Waals surface area contributed by atoms with Crippen molar-refractivity contribution < 1.29 is 0 Å². The van der Waals surface area contributed by atoms with Crippen LogP contribution in [0.5, 0.6) is 0 Å². The Hall–Kier alpha value is -3.01. The minimum atomic E-state index is 0.789. The van der Waals surface area contributed by atoms with Crippen LogP contribution in [0.15, 0.2) is 60.9 Å². The smallest absolute Gasteiger partial charge is 0.225 e. The first-order valence-corrected chi connectivity index (χ1v) is 10.6. The fourth-order valence-electron chi connectivity index (χ4n) is 5.32. The fraction of sp³-hybridized carbons (Fsp3) is 0.320. The van der Waals surface area contributed by atoms with Crippen LogP contribution < -0.4 is 4.90 Å². The van der Waals surface area contributed by atoms with Gasteiger partial charge in [-0.2, -0.15) is 0 Å². The number of pyridine rings is 1. The molecule has 3 atom stereocenters. The van der Waals surface area contributed by atoms with Crippen LogP contribution in [0, 0.1) is 17.8 Å². The van der Waals surface area contributed by atoms with Gasteiger partial charge in [0.2, 0.25) is 5.95 Å². The molecule has 2 fully saturated rings. The third kappa shape index (κ3) is 2.78. The van der Waals surface area contributed by atoms with Crippen LogP contribution in [0.3, 0.4) is 0 Å². The molecule has 1 saturated carbocycles. The molecular weight excluding hydrogens is 356 g/mol. The van der Waals surface area contributed by atoms with Gasteiger partial charge in [-0.15, -0.1) is 0 Å². The highest BCUT2D eigenvalue weighted by atomic mass is 15.3. The molecule has 3 heterocycles. The van der Waals surface area contributed by atoms with Crippen LogP contribution in [0.4, 0.5) is 5.95 Å². The second-order valence-electron chi connectivity index (χ2n) is 8.69. The van der Waals surface area contributed by atoms with Gasteiger partial charge in [0.25, 0.3) is 0 Å². The molecule has 4 nitrogen and oxygen atoms in total. The minimum Gasteiger partial charge on any atom is -0.340 e. The van der Waals surface area contributed by atoms with Crippen LogP contribution in [0.2, 0.25) is 0 Å². The fourth-order valence-corrected chi connectivity index (χ4v) is 5.32. The topological polar surface area (TPSA) is 41.9 Å². The second-order valence-corrected chi connectivity index (χ2v) is 8.69. The normalized spacial score (nSPS) is 23.8. The maximum atomic E-state index is 4.96. The van der Waals surface area contributed by atoms with Gasteiger partial charge in [-0.1, -0.05) is 49.4 Å². The number of hydrogen-bond acceptors (Lipinski definition) is 4. The molecule has 2 aromatic carbocycles. The summed E-state index contributed by atoms with van der Waals surface area (Å²) >= 11 is 0. The van der Waals surface area contributed by atoms with Crippen molar-refractivity contribution in [1.29, 1.82) is 0 Å². The lowest BCUT2D eigenvalue weighted by molar-refractivity contribution is 0.293. The number of anilines is 1. The van der Waals surface area contributed by atoms with Crippen molar-refractivity contribution in [2.24, 2.45) is 17.8 Å². The molecule has 0 spiro atoms. The summed E-state index contributed by atoms with van der Waals surface area (Å²) in [6.45, 7) is 4.60. The molecule has 1 unspecified atom stereocenters. The number of piperidine rings is 1. The van der Waals surface area contributed by atoms with Crippen LogP contribution >= 0.6 is 0 Å². The van der Waals surface area contributed by atoms with E-state index in [1.54, 1.807) is 0 Å². The highest BCUT2D eigenvalue weighted by Gasteiger charge is 2.39. The Morgan fingerprint density at radius 2 is 1.62 bits per heavy atom. The molecule has 4 heteroatoms. The van der Waals surface area contributed by atoms with Crippen molar-refractivity contribution in [3.05, 3.63) is 60.9 Å². The number of rotatable bonds is 2. The lowest BCUT2D eigenvalue weighted by Gasteiger charge is -2.36. The predicted molar refractivity (Wildman–Crippen MR) is 118 cm³/mol. The number of hydrogen-bond donors (Lipinski definition) is 0. The third-order valence-corrected chi connectivity index (χ3v) is 7.11. The molecule has 0 amide bonds. The van der Waals surface area contributed by atoms with Crippen LogP contribution in [-0.2, 0) is 0 Å². The monoisotopic (exact) mass is 380 g/mol. The highest BCUT2D eigenvalue weighted by Crippen LogP contribution is 2.42. The van der Waals surface area contributed by atoms with E-state index in [9.17, 15) is 0 Å². The second kappa shape index (κ2) is 6.51. The average Bonchev–Trinajstić information content (AvgIpc) is 2.98. The largest absolute Gasteiger partial charge is 0.340 e. The van der Waals surface area contributed by atoms with Crippen molar-refractivity contribution in [3.63, 3.8) is 0 Å². The maximum absolute atomic E-state index is 4.96. The molecule has 29 heavy (non-hydrogen) atoms. The first-order chi connectivity index (χ1) is 14.3. The van der Waals surface area contributed by atoms with Gasteiger partial charge in [-0.25, -0.2) is 9.97 Å². The van der Waals surface area contributed by atoms with E-state index in [0.717, 1.165) is 59.0 Å². The van der Waals surface area contributed by atoms with Gasteiger partial charge in [0.1, 0.15) is 0 Å². The molecule has 2 bridgehead atoms. The van der Waals surface area contributed by atoms with Gasteiger partial charge in [-0.3, -0.25) is 4.98 Å². The summed E-state index contributed by atoms with van der Waals surface area (Å²) < 4.78 is 0. The lowest BCUT2D eigenvalue weighted by Crippen LogP contribution is -2.41. The van der Waals surface area contributed by atoms with Gasteiger partial charge < -0.3 is 4.90 Å². The van der Waals surface area contributed by atoms with Gasteiger partial charge in [-0.05, 0) is 47.4 Å². The van der Waals surface area contributed by atoms with E-state index in [1.807, 2.05) is 12.4 Å². The molecule has 1 saturated heterocycles. The Balaban J connectivity index is 1.41. The van der Waals surface area contributed by atoms with Crippen LogP contribution in [-0.4, -0.2) is 28.0 Å². The number of aromatic nitrogens is 3. The number of benzene rings is 2. The first-order valence-electron chi connectivity index (χ1n) is 10.6. The molecular formula is C25H24N4. The summed E-state index contributed by atoms with van der Waals surface area (Å²) in [7, 11) is 0. The standard InChI is InChI=1S/C25H24N4/c1-16-18-9-10-19(16)15-29(14-18)25-27-13-20-12-26-24(11-23(20)28-25)22-8-4-6-17-5-2-3-7-21(17)22/h2-8,11-13,16,18-19H,9-10,14-15H2,1H3/t16?,18-,19+. The molecule has 6 rings (SSSR count). The summed E-state index contributed by atoms with van der Waals surface area (Å²) in [5.74, 6) is 3.29. The summed E-state index contributed by atoms with van der Waals surface area (Å²) in [5, 5.41) is 3.44. The van der Waals surface area contributed by atoms with Crippen molar-refractivity contribution in [3.8, 4) is 11.3 Å².